The highest BCUT2D eigenvalue weighted by molar-refractivity contribution is 5.25. The van der Waals surface area contributed by atoms with Gasteiger partial charge in [-0.1, -0.05) is 29.8 Å². The van der Waals surface area contributed by atoms with Crippen LogP contribution >= 0.6 is 0 Å². The summed E-state index contributed by atoms with van der Waals surface area (Å²) in [5.41, 5.74) is 2.00. The molecule has 2 rings (SSSR count). The highest BCUT2D eigenvalue weighted by Gasteiger charge is 2.39. The Hall–Kier alpha value is -1.46. The number of hydrogen-bond acceptors (Lipinski definition) is 4. The summed E-state index contributed by atoms with van der Waals surface area (Å²) >= 11 is 0. The van der Waals surface area contributed by atoms with E-state index in [1.807, 2.05) is 31.2 Å². The average molecular weight is 237 g/mol. The molecule has 92 valence electrons. The molecule has 1 saturated heterocycles. The number of aliphatic hydroxyl groups is 1. The van der Waals surface area contributed by atoms with Crippen LogP contribution in [0, 0.1) is 17.0 Å². The van der Waals surface area contributed by atoms with E-state index in [1.165, 1.54) is 0 Å². The summed E-state index contributed by atoms with van der Waals surface area (Å²) in [6.45, 7) is 1.93. The van der Waals surface area contributed by atoms with Gasteiger partial charge in [0.2, 0.25) is 6.04 Å². The van der Waals surface area contributed by atoms with Gasteiger partial charge in [-0.25, -0.2) is 0 Å². The molecule has 3 atom stereocenters. The van der Waals surface area contributed by atoms with Crippen LogP contribution in [0.3, 0.4) is 0 Å². The van der Waals surface area contributed by atoms with Crippen molar-refractivity contribution in [3.8, 4) is 0 Å². The smallest absolute Gasteiger partial charge is 0.243 e. The van der Waals surface area contributed by atoms with Crippen molar-refractivity contribution in [3.63, 3.8) is 0 Å². The van der Waals surface area contributed by atoms with E-state index in [2.05, 4.69) is 0 Å². The highest BCUT2D eigenvalue weighted by atomic mass is 16.6. The molecular weight excluding hydrogens is 222 g/mol. The first kappa shape index (κ1) is 12.0. The Morgan fingerprint density at radius 2 is 2.06 bits per heavy atom. The second-order valence-electron chi connectivity index (χ2n) is 4.39. The lowest BCUT2D eigenvalue weighted by Crippen LogP contribution is -2.40. The SMILES string of the molecule is Cc1ccc(C2CC(O)OCC2[N+](=O)[O-])cc1. The first-order valence-electron chi connectivity index (χ1n) is 5.57. The number of ether oxygens (including phenoxy) is 1. The Labute approximate surface area is 99.2 Å². The second-order valence-corrected chi connectivity index (χ2v) is 4.39. The number of nitro groups is 1. The molecule has 17 heavy (non-hydrogen) atoms. The van der Waals surface area contributed by atoms with Crippen molar-refractivity contribution in [3.05, 3.63) is 45.5 Å². The van der Waals surface area contributed by atoms with Gasteiger partial charge >= 0.3 is 0 Å². The zero-order valence-corrected chi connectivity index (χ0v) is 9.57. The molecule has 0 radical (unpaired) electrons. The lowest BCUT2D eigenvalue weighted by atomic mass is 9.87. The van der Waals surface area contributed by atoms with Crippen LogP contribution in [0.25, 0.3) is 0 Å². The molecule has 5 heteroatoms. The van der Waals surface area contributed by atoms with Gasteiger partial charge in [0.1, 0.15) is 6.61 Å². The molecule has 1 aromatic rings. The molecule has 1 aliphatic rings. The number of nitrogens with zero attached hydrogens (tertiary/aromatic N) is 1. The van der Waals surface area contributed by atoms with E-state index in [9.17, 15) is 15.2 Å². The van der Waals surface area contributed by atoms with Crippen LogP contribution in [0.15, 0.2) is 24.3 Å². The summed E-state index contributed by atoms with van der Waals surface area (Å²) in [4.78, 5) is 10.6. The van der Waals surface area contributed by atoms with Gasteiger partial charge in [0.05, 0.1) is 5.92 Å². The molecule has 0 bridgehead atoms. The zero-order valence-electron chi connectivity index (χ0n) is 9.57. The van der Waals surface area contributed by atoms with Crippen LogP contribution in [-0.4, -0.2) is 29.0 Å². The summed E-state index contributed by atoms with van der Waals surface area (Å²) in [7, 11) is 0. The van der Waals surface area contributed by atoms with Gasteiger partial charge in [-0.05, 0) is 12.5 Å². The summed E-state index contributed by atoms with van der Waals surface area (Å²) in [6, 6.07) is 6.84. The fourth-order valence-corrected chi connectivity index (χ4v) is 2.15. The van der Waals surface area contributed by atoms with Gasteiger partial charge in [-0.15, -0.1) is 0 Å². The zero-order chi connectivity index (χ0) is 12.4. The maximum Gasteiger partial charge on any atom is 0.243 e. The fraction of sp³-hybridized carbons (Fsp3) is 0.500. The Kier molecular flexibility index (Phi) is 3.40. The predicted molar refractivity (Wildman–Crippen MR) is 61.3 cm³/mol. The van der Waals surface area contributed by atoms with Crippen molar-refractivity contribution in [2.75, 3.05) is 6.61 Å². The minimum Gasteiger partial charge on any atom is -0.368 e. The van der Waals surface area contributed by atoms with E-state index in [1.54, 1.807) is 0 Å². The minimum absolute atomic E-state index is 0.0350. The van der Waals surface area contributed by atoms with E-state index in [-0.39, 0.29) is 23.9 Å². The molecule has 3 unspecified atom stereocenters. The van der Waals surface area contributed by atoms with Crippen LogP contribution in [-0.2, 0) is 4.74 Å². The summed E-state index contributed by atoms with van der Waals surface area (Å²) in [5.74, 6) is -0.283. The van der Waals surface area contributed by atoms with E-state index in [0.29, 0.717) is 0 Å². The van der Waals surface area contributed by atoms with Gasteiger partial charge in [-0.2, -0.15) is 0 Å². The average Bonchev–Trinajstić information content (AvgIpc) is 2.29. The van der Waals surface area contributed by atoms with Crippen molar-refractivity contribution in [1.82, 2.24) is 0 Å². The molecule has 0 aromatic heterocycles. The molecule has 1 heterocycles. The lowest BCUT2D eigenvalue weighted by molar-refractivity contribution is -0.538. The van der Waals surface area contributed by atoms with E-state index < -0.39 is 12.3 Å². The lowest BCUT2D eigenvalue weighted by Gasteiger charge is -2.29. The molecule has 1 N–H and O–H groups in total. The molecule has 0 amide bonds. The number of aryl methyl sites for hydroxylation is 1. The summed E-state index contributed by atoms with van der Waals surface area (Å²) < 4.78 is 4.94. The van der Waals surface area contributed by atoms with Gasteiger partial charge < -0.3 is 9.84 Å². The third-order valence-corrected chi connectivity index (χ3v) is 3.16. The summed E-state index contributed by atoms with van der Waals surface area (Å²) in [6.07, 6.45) is -0.633. The number of rotatable bonds is 2. The van der Waals surface area contributed by atoms with Crippen molar-refractivity contribution >= 4 is 0 Å². The number of hydrogen-bond donors (Lipinski definition) is 1. The minimum atomic E-state index is -0.905. The summed E-state index contributed by atoms with van der Waals surface area (Å²) in [5, 5.41) is 20.4. The van der Waals surface area contributed by atoms with Crippen LogP contribution in [0.4, 0.5) is 0 Å². The highest BCUT2D eigenvalue weighted by Crippen LogP contribution is 2.31. The Morgan fingerprint density at radius 3 is 2.65 bits per heavy atom. The maximum absolute atomic E-state index is 11.0. The molecule has 1 fully saturated rings. The van der Waals surface area contributed by atoms with Gasteiger partial charge in [0, 0.05) is 11.3 Å². The third-order valence-electron chi connectivity index (χ3n) is 3.16. The normalized spacial score (nSPS) is 28.9. The van der Waals surface area contributed by atoms with Crippen molar-refractivity contribution in [2.24, 2.45) is 0 Å². The topological polar surface area (TPSA) is 72.6 Å². The van der Waals surface area contributed by atoms with E-state index in [4.69, 9.17) is 4.74 Å². The molecule has 5 nitrogen and oxygen atoms in total. The molecule has 1 aliphatic heterocycles. The molecule has 1 aromatic carbocycles. The van der Waals surface area contributed by atoms with Crippen molar-refractivity contribution < 1.29 is 14.8 Å². The van der Waals surface area contributed by atoms with E-state index >= 15 is 0 Å². The predicted octanol–water partition coefficient (Wildman–Crippen LogP) is 1.46. The van der Waals surface area contributed by atoms with Gasteiger partial charge in [0.25, 0.3) is 0 Å². The molecular formula is C12H15NO4. The fourth-order valence-electron chi connectivity index (χ4n) is 2.15. The third kappa shape index (κ3) is 2.62. The van der Waals surface area contributed by atoms with Crippen molar-refractivity contribution in [2.45, 2.75) is 31.6 Å². The molecule has 0 saturated carbocycles. The van der Waals surface area contributed by atoms with E-state index in [0.717, 1.165) is 11.1 Å². The Morgan fingerprint density at radius 1 is 1.41 bits per heavy atom. The van der Waals surface area contributed by atoms with Crippen LogP contribution in [0.5, 0.6) is 0 Å². The number of aliphatic hydroxyl groups excluding tert-OH is 1. The quantitative estimate of drug-likeness (QED) is 0.624. The largest absolute Gasteiger partial charge is 0.368 e. The van der Waals surface area contributed by atoms with Crippen molar-refractivity contribution in [1.29, 1.82) is 0 Å². The maximum atomic E-state index is 11.0. The first-order chi connectivity index (χ1) is 8.08. The second kappa shape index (κ2) is 4.81. The Balaban J connectivity index is 2.25. The Bertz CT molecular complexity index is 403. The molecule has 0 spiro atoms. The molecule has 0 aliphatic carbocycles. The van der Waals surface area contributed by atoms with Gasteiger partial charge in [0.15, 0.2) is 6.29 Å². The van der Waals surface area contributed by atoms with Gasteiger partial charge in [-0.3, -0.25) is 10.1 Å². The van der Waals surface area contributed by atoms with Crippen LogP contribution in [0.2, 0.25) is 0 Å². The standard InChI is InChI=1S/C12H15NO4/c1-8-2-4-9(5-3-8)10-6-12(14)17-7-11(10)13(15)16/h2-5,10-12,14H,6-7H2,1H3. The number of benzene rings is 1. The first-order valence-corrected chi connectivity index (χ1v) is 5.57. The van der Waals surface area contributed by atoms with Crippen LogP contribution in [0.1, 0.15) is 23.5 Å². The van der Waals surface area contributed by atoms with Crippen LogP contribution < -0.4 is 0 Å². The monoisotopic (exact) mass is 237 g/mol.